The van der Waals surface area contributed by atoms with Gasteiger partial charge < -0.3 is 0 Å². The van der Waals surface area contributed by atoms with E-state index in [-0.39, 0.29) is 12.0 Å². The number of sulfonamides is 1. The Morgan fingerprint density at radius 1 is 1.04 bits per heavy atom. The summed E-state index contributed by atoms with van der Waals surface area (Å²) >= 11 is 0. The molecule has 1 aliphatic carbocycles. The summed E-state index contributed by atoms with van der Waals surface area (Å²) in [6, 6.07) is 10.8. The first-order valence-corrected chi connectivity index (χ1v) is 10.4. The van der Waals surface area contributed by atoms with Gasteiger partial charge in [-0.05, 0) is 49.9 Å². The van der Waals surface area contributed by atoms with Crippen molar-refractivity contribution in [2.75, 3.05) is 0 Å². The van der Waals surface area contributed by atoms with Crippen molar-refractivity contribution in [3.8, 4) is 11.1 Å². The van der Waals surface area contributed by atoms with Gasteiger partial charge in [0, 0.05) is 23.6 Å². The summed E-state index contributed by atoms with van der Waals surface area (Å²) in [6.45, 7) is 3.33. The second-order valence-electron chi connectivity index (χ2n) is 7.10. The van der Waals surface area contributed by atoms with E-state index in [1.807, 2.05) is 12.1 Å². The second kappa shape index (κ2) is 7.45. The lowest BCUT2D eigenvalue weighted by Gasteiger charge is -2.23. The van der Waals surface area contributed by atoms with Crippen molar-refractivity contribution in [3.05, 3.63) is 59.7 Å². The van der Waals surface area contributed by atoms with Crippen LogP contribution >= 0.6 is 0 Å². The maximum absolute atomic E-state index is 13.9. The molecular weight excluding hydrogens is 356 g/mol. The highest BCUT2D eigenvalue weighted by Crippen LogP contribution is 2.36. The fourth-order valence-electron chi connectivity index (χ4n) is 3.48. The van der Waals surface area contributed by atoms with E-state index in [0.29, 0.717) is 11.1 Å². The minimum absolute atomic E-state index is 0.107. The van der Waals surface area contributed by atoms with Crippen LogP contribution in [0.25, 0.3) is 11.1 Å². The Bertz CT molecular complexity index is 879. The predicted molar refractivity (Wildman–Crippen MR) is 99.4 cm³/mol. The Morgan fingerprint density at radius 3 is 2.35 bits per heavy atom. The lowest BCUT2D eigenvalue weighted by atomic mass is 9.92. The molecular formula is C20H23F2NO2S. The molecule has 0 amide bonds. The molecule has 6 heteroatoms. The van der Waals surface area contributed by atoms with Gasteiger partial charge in [-0.25, -0.2) is 21.9 Å². The standard InChI is InChI=1S/C20H23F2NO2S/c1-13(2)26(24,25)23-20-5-3-4-18(20)15-8-6-14(7-9-15)17-11-10-16(21)12-19(17)22/h6-13,18,20,23H,3-5H2,1-2H3/t18?,20-/m0/s1. The highest BCUT2D eigenvalue weighted by molar-refractivity contribution is 7.90. The molecule has 2 aromatic rings. The zero-order valence-electron chi connectivity index (χ0n) is 14.9. The Morgan fingerprint density at radius 2 is 1.73 bits per heavy atom. The van der Waals surface area contributed by atoms with Gasteiger partial charge in [-0.15, -0.1) is 0 Å². The van der Waals surface area contributed by atoms with Gasteiger partial charge in [0.2, 0.25) is 10.0 Å². The number of hydrogen-bond donors (Lipinski definition) is 1. The first kappa shape index (κ1) is 19.0. The van der Waals surface area contributed by atoms with Crippen molar-refractivity contribution in [2.45, 2.75) is 50.3 Å². The molecule has 1 aliphatic rings. The van der Waals surface area contributed by atoms with Gasteiger partial charge in [0.1, 0.15) is 11.6 Å². The molecule has 2 aromatic carbocycles. The van der Waals surface area contributed by atoms with Crippen molar-refractivity contribution >= 4 is 10.0 Å². The number of rotatable bonds is 5. The molecule has 0 bridgehead atoms. The third-order valence-electron chi connectivity index (χ3n) is 5.03. The molecule has 1 fully saturated rings. The molecule has 1 N–H and O–H groups in total. The molecule has 3 rings (SSSR count). The Hall–Kier alpha value is -1.79. The second-order valence-corrected chi connectivity index (χ2v) is 9.37. The average molecular weight is 379 g/mol. The van der Waals surface area contributed by atoms with E-state index in [2.05, 4.69) is 4.72 Å². The Labute approximate surface area is 153 Å². The van der Waals surface area contributed by atoms with Crippen LogP contribution in [0.4, 0.5) is 8.78 Å². The lowest BCUT2D eigenvalue weighted by molar-refractivity contribution is 0.519. The number of halogens is 2. The molecule has 1 unspecified atom stereocenters. The molecule has 3 nitrogen and oxygen atoms in total. The largest absolute Gasteiger partial charge is 0.214 e. The fourth-order valence-corrected chi connectivity index (χ4v) is 4.46. The summed E-state index contributed by atoms with van der Waals surface area (Å²) in [5.74, 6) is -1.09. The van der Waals surface area contributed by atoms with Gasteiger partial charge >= 0.3 is 0 Å². The highest BCUT2D eigenvalue weighted by atomic mass is 32.2. The van der Waals surface area contributed by atoms with Crippen LogP contribution in [0.15, 0.2) is 42.5 Å². The van der Waals surface area contributed by atoms with Crippen LogP contribution in [0.5, 0.6) is 0 Å². The quantitative estimate of drug-likeness (QED) is 0.826. The third kappa shape index (κ3) is 3.96. The summed E-state index contributed by atoms with van der Waals surface area (Å²) in [6.07, 6.45) is 2.69. The highest BCUT2D eigenvalue weighted by Gasteiger charge is 2.32. The number of benzene rings is 2. The van der Waals surface area contributed by atoms with E-state index in [1.54, 1.807) is 26.0 Å². The van der Waals surface area contributed by atoms with Crippen LogP contribution in [-0.2, 0) is 10.0 Å². The van der Waals surface area contributed by atoms with Crippen LogP contribution in [0.3, 0.4) is 0 Å². The van der Waals surface area contributed by atoms with Crippen LogP contribution in [-0.4, -0.2) is 19.7 Å². The molecule has 0 aliphatic heterocycles. The summed E-state index contributed by atoms with van der Waals surface area (Å²) in [7, 11) is -3.32. The third-order valence-corrected chi connectivity index (χ3v) is 6.91. The van der Waals surface area contributed by atoms with Gasteiger partial charge in [-0.1, -0.05) is 30.7 Å². The SMILES string of the molecule is CC(C)S(=O)(=O)N[C@H]1CCCC1c1ccc(-c2ccc(F)cc2F)cc1. The summed E-state index contributed by atoms with van der Waals surface area (Å²) < 4.78 is 54.2. The van der Waals surface area contributed by atoms with E-state index < -0.39 is 26.9 Å². The van der Waals surface area contributed by atoms with Crippen LogP contribution in [0, 0.1) is 11.6 Å². The summed E-state index contributed by atoms with van der Waals surface area (Å²) in [4.78, 5) is 0. The Balaban J connectivity index is 1.81. The number of nitrogens with one attached hydrogen (secondary N) is 1. The van der Waals surface area contributed by atoms with Crippen LogP contribution in [0.2, 0.25) is 0 Å². The van der Waals surface area contributed by atoms with E-state index in [1.165, 1.54) is 12.1 Å². The van der Waals surface area contributed by atoms with Crippen LogP contribution < -0.4 is 4.72 Å². The van der Waals surface area contributed by atoms with E-state index in [9.17, 15) is 17.2 Å². The monoisotopic (exact) mass is 379 g/mol. The Kier molecular flexibility index (Phi) is 5.44. The number of hydrogen-bond acceptors (Lipinski definition) is 2. The molecule has 1 saturated carbocycles. The van der Waals surface area contributed by atoms with Crippen molar-refractivity contribution in [1.29, 1.82) is 0 Å². The molecule has 0 saturated heterocycles. The zero-order chi connectivity index (χ0) is 18.9. The molecule has 26 heavy (non-hydrogen) atoms. The topological polar surface area (TPSA) is 46.2 Å². The molecule has 2 atom stereocenters. The predicted octanol–water partition coefficient (Wildman–Crippen LogP) is 4.60. The maximum Gasteiger partial charge on any atom is 0.214 e. The van der Waals surface area contributed by atoms with Gasteiger partial charge in [0.15, 0.2) is 0 Å². The molecule has 0 radical (unpaired) electrons. The van der Waals surface area contributed by atoms with Crippen molar-refractivity contribution in [2.24, 2.45) is 0 Å². The summed E-state index contributed by atoms with van der Waals surface area (Å²) in [5.41, 5.74) is 2.05. The lowest BCUT2D eigenvalue weighted by Crippen LogP contribution is -2.40. The fraction of sp³-hybridized carbons (Fsp3) is 0.400. The molecule has 0 heterocycles. The van der Waals surface area contributed by atoms with Gasteiger partial charge in [0.05, 0.1) is 5.25 Å². The molecule has 0 spiro atoms. The molecule has 0 aromatic heterocycles. The van der Waals surface area contributed by atoms with Crippen molar-refractivity contribution < 1.29 is 17.2 Å². The van der Waals surface area contributed by atoms with E-state index in [4.69, 9.17) is 0 Å². The minimum Gasteiger partial charge on any atom is -0.212 e. The minimum atomic E-state index is -3.32. The first-order valence-electron chi connectivity index (χ1n) is 8.84. The van der Waals surface area contributed by atoms with Crippen molar-refractivity contribution in [3.63, 3.8) is 0 Å². The smallest absolute Gasteiger partial charge is 0.212 e. The summed E-state index contributed by atoms with van der Waals surface area (Å²) in [5, 5.41) is -0.465. The van der Waals surface area contributed by atoms with Gasteiger partial charge in [-0.3, -0.25) is 0 Å². The molecule has 140 valence electrons. The average Bonchev–Trinajstić information content (AvgIpc) is 3.02. The van der Waals surface area contributed by atoms with Crippen molar-refractivity contribution in [1.82, 2.24) is 4.72 Å². The zero-order valence-corrected chi connectivity index (χ0v) is 15.7. The maximum atomic E-state index is 13.9. The normalized spacial score (nSPS) is 20.7. The van der Waals surface area contributed by atoms with Gasteiger partial charge in [-0.2, -0.15) is 0 Å². The van der Waals surface area contributed by atoms with E-state index in [0.717, 1.165) is 30.9 Å². The first-order chi connectivity index (χ1) is 12.3. The van der Waals surface area contributed by atoms with Crippen LogP contribution in [0.1, 0.15) is 44.6 Å². The van der Waals surface area contributed by atoms with Gasteiger partial charge in [0.25, 0.3) is 0 Å². The van der Waals surface area contributed by atoms with E-state index >= 15 is 0 Å².